The molecule has 0 N–H and O–H groups in total. The number of ether oxygens (including phenoxy) is 1. The lowest BCUT2D eigenvalue weighted by molar-refractivity contribution is -0.135. The fraction of sp³-hybridized carbons (Fsp3) is 0.800. The van der Waals surface area contributed by atoms with E-state index in [-0.39, 0.29) is 5.97 Å². The molecular weight excluding hydrogens is 212 g/mol. The second-order valence-corrected chi connectivity index (χ2v) is 6.66. The Kier molecular flexibility index (Phi) is 2.39. The summed E-state index contributed by atoms with van der Waals surface area (Å²) < 4.78 is 5.03. The van der Waals surface area contributed by atoms with Gasteiger partial charge in [0.05, 0.1) is 6.61 Å². The third kappa shape index (κ3) is 1.49. The zero-order valence-corrected chi connectivity index (χ0v) is 11.0. The highest BCUT2D eigenvalue weighted by Crippen LogP contribution is 2.65. The molecule has 1 heterocycles. The van der Waals surface area contributed by atoms with Gasteiger partial charge in [0, 0.05) is 12.0 Å². The summed E-state index contributed by atoms with van der Waals surface area (Å²) in [7, 11) is 0. The number of hydrogen-bond acceptors (Lipinski definition) is 2. The van der Waals surface area contributed by atoms with Crippen molar-refractivity contribution in [1.29, 1.82) is 0 Å². The van der Waals surface area contributed by atoms with Gasteiger partial charge in [-0.25, -0.2) is 4.79 Å². The Hall–Kier alpha value is -0.790. The summed E-state index contributed by atoms with van der Waals surface area (Å²) in [5, 5.41) is 0. The van der Waals surface area contributed by atoms with E-state index in [1.807, 2.05) is 0 Å². The number of cyclic esters (lactones) is 1. The summed E-state index contributed by atoms with van der Waals surface area (Å²) >= 11 is 0. The monoisotopic (exact) mass is 234 g/mol. The van der Waals surface area contributed by atoms with E-state index in [0.29, 0.717) is 17.9 Å². The lowest BCUT2D eigenvalue weighted by Gasteiger charge is -2.56. The van der Waals surface area contributed by atoms with Gasteiger partial charge in [0.1, 0.15) is 0 Å². The molecule has 3 rings (SSSR count). The van der Waals surface area contributed by atoms with Crippen molar-refractivity contribution in [2.24, 2.45) is 29.1 Å². The molecule has 2 nitrogen and oxygen atoms in total. The number of rotatable bonds is 1. The van der Waals surface area contributed by atoms with Crippen LogP contribution in [0.15, 0.2) is 11.6 Å². The van der Waals surface area contributed by atoms with E-state index >= 15 is 0 Å². The van der Waals surface area contributed by atoms with E-state index in [4.69, 9.17) is 4.74 Å². The van der Waals surface area contributed by atoms with Crippen LogP contribution in [0.1, 0.15) is 40.0 Å². The lowest BCUT2D eigenvalue weighted by Crippen LogP contribution is -2.51. The van der Waals surface area contributed by atoms with Crippen LogP contribution in [-0.2, 0) is 9.53 Å². The van der Waals surface area contributed by atoms with Crippen molar-refractivity contribution in [3.05, 3.63) is 11.6 Å². The highest BCUT2D eigenvalue weighted by Gasteiger charge is 2.59. The summed E-state index contributed by atoms with van der Waals surface area (Å²) in [4.78, 5) is 11.5. The fourth-order valence-corrected chi connectivity index (χ4v) is 4.46. The highest BCUT2D eigenvalue weighted by atomic mass is 16.5. The van der Waals surface area contributed by atoms with Gasteiger partial charge in [-0.1, -0.05) is 33.3 Å². The summed E-state index contributed by atoms with van der Waals surface area (Å²) in [5.41, 5.74) is 1.31. The number of fused-ring (bicyclic) bond motifs is 1. The quantitative estimate of drug-likeness (QED) is 0.514. The van der Waals surface area contributed by atoms with Crippen molar-refractivity contribution in [3.8, 4) is 0 Å². The molecule has 0 bridgehead atoms. The van der Waals surface area contributed by atoms with Gasteiger partial charge in [-0.3, -0.25) is 0 Å². The molecule has 4 atom stereocenters. The molecule has 2 saturated carbocycles. The van der Waals surface area contributed by atoms with Crippen LogP contribution in [0.3, 0.4) is 0 Å². The molecule has 2 heteroatoms. The predicted octanol–water partition coefficient (Wildman–Crippen LogP) is 3.18. The Morgan fingerprint density at radius 2 is 2.12 bits per heavy atom. The number of hydrogen-bond donors (Lipinski definition) is 0. The number of esters is 1. The van der Waals surface area contributed by atoms with Crippen LogP contribution in [0, 0.1) is 29.1 Å². The van der Waals surface area contributed by atoms with Crippen molar-refractivity contribution in [2.45, 2.75) is 40.0 Å². The van der Waals surface area contributed by atoms with Crippen LogP contribution in [0.2, 0.25) is 0 Å². The van der Waals surface area contributed by atoms with Crippen LogP contribution >= 0.6 is 0 Å². The van der Waals surface area contributed by atoms with Crippen LogP contribution in [0.4, 0.5) is 0 Å². The van der Waals surface area contributed by atoms with Crippen molar-refractivity contribution >= 4 is 5.97 Å². The third-order valence-electron chi connectivity index (χ3n) is 5.53. The molecule has 0 spiro atoms. The summed E-state index contributed by atoms with van der Waals surface area (Å²) in [6.07, 6.45) is 5.81. The molecule has 0 aromatic carbocycles. The highest BCUT2D eigenvalue weighted by molar-refractivity contribution is 5.90. The van der Waals surface area contributed by atoms with Gasteiger partial charge in [0.2, 0.25) is 0 Å². The number of carbonyl (C=O) groups excluding carboxylic acids is 1. The fourth-order valence-electron chi connectivity index (χ4n) is 4.46. The Morgan fingerprint density at radius 3 is 2.76 bits per heavy atom. The summed E-state index contributed by atoms with van der Waals surface area (Å²) in [6, 6.07) is 0. The first kappa shape index (κ1) is 11.3. The topological polar surface area (TPSA) is 26.3 Å². The minimum Gasteiger partial charge on any atom is -0.462 e. The molecule has 0 amide bonds. The minimum absolute atomic E-state index is 0.0742. The SMILES string of the molecule is C[C@H]1CC[C@H]2[C@@H]1[C@H](/C=C1\CCOC1=O)C2(C)C. The Morgan fingerprint density at radius 1 is 1.35 bits per heavy atom. The number of allylic oxidation sites excluding steroid dienone is 1. The molecule has 94 valence electrons. The summed E-state index contributed by atoms with van der Waals surface area (Å²) in [6.45, 7) is 7.70. The molecule has 3 fully saturated rings. The van der Waals surface area contributed by atoms with Gasteiger partial charge in [-0.2, -0.15) is 0 Å². The summed E-state index contributed by atoms with van der Waals surface area (Å²) in [5.74, 6) is 3.02. The van der Waals surface area contributed by atoms with E-state index in [0.717, 1.165) is 29.7 Å². The normalized spacial score (nSPS) is 45.6. The van der Waals surface area contributed by atoms with Gasteiger partial charge < -0.3 is 4.74 Å². The van der Waals surface area contributed by atoms with Crippen molar-refractivity contribution < 1.29 is 9.53 Å². The smallest absolute Gasteiger partial charge is 0.333 e. The van der Waals surface area contributed by atoms with E-state index in [1.54, 1.807) is 0 Å². The van der Waals surface area contributed by atoms with Gasteiger partial charge >= 0.3 is 5.97 Å². The standard InChI is InChI=1S/C15H22O2/c1-9-4-5-11-13(9)12(15(11,2)3)8-10-6-7-17-14(10)16/h8-9,11-13H,4-7H2,1-3H3/b10-8+/t9-,11-,12-,13+/m0/s1. The molecule has 17 heavy (non-hydrogen) atoms. The molecule has 0 aromatic heterocycles. The van der Waals surface area contributed by atoms with Gasteiger partial charge in [0.25, 0.3) is 0 Å². The Bertz CT molecular complexity index is 380. The Balaban J connectivity index is 1.85. The zero-order chi connectivity index (χ0) is 12.2. The average molecular weight is 234 g/mol. The average Bonchev–Trinajstić information content (AvgIpc) is 2.81. The van der Waals surface area contributed by atoms with E-state index in [9.17, 15) is 4.79 Å². The first-order chi connectivity index (χ1) is 8.01. The Labute approximate surface area is 103 Å². The molecule has 0 aromatic rings. The van der Waals surface area contributed by atoms with Crippen LogP contribution in [0.5, 0.6) is 0 Å². The van der Waals surface area contributed by atoms with E-state index in [1.165, 1.54) is 12.8 Å². The number of carbonyl (C=O) groups is 1. The van der Waals surface area contributed by atoms with Gasteiger partial charge in [-0.15, -0.1) is 0 Å². The maximum Gasteiger partial charge on any atom is 0.333 e. The second-order valence-electron chi connectivity index (χ2n) is 6.66. The van der Waals surface area contributed by atoms with E-state index in [2.05, 4.69) is 26.8 Å². The second kappa shape index (κ2) is 3.60. The van der Waals surface area contributed by atoms with Crippen molar-refractivity contribution in [2.75, 3.05) is 6.61 Å². The third-order valence-corrected chi connectivity index (χ3v) is 5.53. The first-order valence-corrected chi connectivity index (χ1v) is 6.89. The van der Waals surface area contributed by atoms with Crippen LogP contribution < -0.4 is 0 Å². The maximum absolute atomic E-state index is 11.5. The van der Waals surface area contributed by atoms with Crippen LogP contribution in [0.25, 0.3) is 0 Å². The van der Waals surface area contributed by atoms with Crippen molar-refractivity contribution in [3.63, 3.8) is 0 Å². The molecule has 0 unspecified atom stereocenters. The largest absolute Gasteiger partial charge is 0.462 e. The molecule has 3 aliphatic rings. The van der Waals surface area contributed by atoms with E-state index < -0.39 is 0 Å². The molecule has 1 saturated heterocycles. The van der Waals surface area contributed by atoms with Crippen molar-refractivity contribution in [1.82, 2.24) is 0 Å². The minimum atomic E-state index is -0.0742. The molecule has 2 aliphatic carbocycles. The molecular formula is C15H22O2. The first-order valence-electron chi connectivity index (χ1n) is 6.89. The van der Waals surface area contributed by atoms with Crippen LogP contribution in [-0.4, -0.2) is 12.6 Å². The maximum atomic E-state index is 11.5. The lowest BCUT2D eigenvalue weighted by atomic mass is 9.48. The van der Waals surface area contributed by atoms with Gasteiger partial charge in [-0.05, 0) is 35.5 Å². The molecule has 0 radical (unpaired) electrons. The predicted molar refractivity (Wildman–Crippen MR) is 66.3 cm³/mol. The van der Waals surface area contributed by atoms with Gasteiger partial charge in [0.15, 0.2) is 0 Å². The zero-order valence-electron chi connectivity index (χ0n) is 11.0. The molecule has 1 aliphatic heterocycles.